The van der Waals surface area contributed by atoms with Gasteiger partial charge in [0.05, 0.1) is 12.3 Å². The summed E-state index contributed by atoms with van der Waals surface area (Å²) in [6, 6.07) is 0. The monoisotopic (exact) mass is 280 g/mol. The Bertz CT molecular complexity index is 443. The number of likely N-dealkylation sites (tertiary alicyclic amines) is 1. The van der Waals surface area contributed by atoms with Gasteiger partial charge in [-0.1, -0.05) is 0 Å². The van der Waals surface area contributed by atoms with Gasteiger partial charge >= 0.3 is 0 Å². The average Bonchev–Trinajstić information content (AvgIpc) is 2.46. The smallest absolute Gasteiger partial charge is 0.141 e. The zero-order chi connectivity index (χ0) is 14.5. The fraction of sp³-hybridized carbons (Fsp3) is 0.667. The summed E-state index contributed by atoms with van der Waals surface area (Å²) in [5, 5.41) is 19.5. The van der Waals surface area contributed by atoms with E-state index in [-0.39, 0.29) is 12.4 Å². The molecule has 0 saturated carbocycles. The van der Waals surface area contributed by atoms with E-state index >= 15 is 0 Å². The van der Waals surface area contributed by atoms with Crippen molar-refractivity contribution in [3.05, 3.63) is 23.0 Å². The Morgan fingerprint density at radius 3 is 2.70 bits per heavy atom. The number of ether oxygens (including phenoxy) is 1. The molecule has 1 aromatic rings. The van der Waals surface area contributed by atoms with Crippen LogP contribution in [0.15, 0.2) is 6.20 Å². The van der Waals surface area contributed by atoms with Crippen LogP contribution in [0.5, 0.6) is 5.75 Å². The molecule has 0 unspecified atom stereocenters. The molecule has 5 nitrogen and oxygen atoms in total. The van der Waals surface area contributed by atoms with Crippen LogP contribution in [-0.2, 0) is 17.9 Å². The van der Waals surface area contributed by atoms with Gasteiger partial charge in [-0.25, -0.2) is 0 Å². The summed E-state index contributed by atoms with van der Waals surface area (Å²) in [5.74, 6) is 0.858. The molecule has 112 valence electrons. The topological polar surface area (TPSA) is 65.8 Å². The van der Waals surface area contributed by atoms with E-state index in [9.17, 15) is 10.2 Å². The number of methoxy groups -OCH3 is 1. The molecule has 0 amide bonds. The van der Waals surface area contributed by atoms with Gasteiger partial charge in [0.25, 0.3) is 0 Å². The molecule has 1 fully saturated rings. The number of aliphatic hydroxyl groups is 1. The van der Waals surface area contributed by atoms with Crippen molar-refractivity contribution in [2.75, 3.05) is 26.8 Å². The van der Waals surface area contributed by atoms with Crippen molar-refractivity contribution in [3.8, 4) is 5.75 Å². The van der Waals surface area contributed by atoms with Crippen LogP contribution in [-0.4, -0.2) is 46.9 Å². The van der Waals surface area contributed by atoms with Crippen molar-refractivity contribution in [1.29, 1.82) is 0 Å². The highest BCUT2D eigenvalue weighted by molar-refractivity contribution is 5.40. The van der Waals surface area contributed by atoms with Gasteiger partial charge in [0.2, 0.25) is 0 Å². The minimum atomic E-state index is -0.0870. The number of hydrogen-bond acceptors (Lipinski definition) is 5. The average molecular weight is 280 g/mol. The summed E-state index contributed by atoms with van der Waals surface area (Å²) in [5.41, 5.74) is 2.14. The third-order valence-corrected chi connectivity index (χ3v) is 4.09. The predicted octanol–water partition coefficient (Wildman–Crippen LogP) is 1.45. The number of hydrogen-bond donors (Lipinski definition) is 2. The Labute approximate surface area is 120 Å². The normalized spacial score (nSPS) is 17.6. The van der Waals surface area contributed by atoms with Crippen LogP contribution in [0.3, 0.4) is 0 Å². The summed E-state index contributed by atoms with van der Waals surface area (Å²) >= 11 is 0. The number of aromatic nitrogens is 1. The minimum Gasteiger partial charge on any atom is -0.506 e. The number of aryl methyl sites for hydroxylation is 1. The second-order valence-electron chi connectivity index (χ2n) is 5.53. The first kappa shape index (κ1) is 15.2. The lowest BCUT2D eigenvalue weighted by molar-refractivity contribution is 0.0961. The molecule has 1 aliphatic rings. The highest BCUT2D eigenvalue weighted by atomic mass is 16.5. The second kappa shape index (κ2) is 7.02. The first-order valence-electron chi connectivity index (χ1n) is 7.14. The predicted molar refractivity (Wildman–Crippen MR) is 76.4 cm³/mol. The number of pyridine rings is 1. The van der Waals surface area contributed by atoms with Crippen LogP contribution in [0.2, 0.25) is 0 Å². The number of nitrogens with zero attached hydrogens (tertiary/aromatic N) is 2. The molecule has 0 radical (unpaired) electrons. The highest BCUT2D eigenvalue weighted by Gasteiger charge is 2.21. The highest BCUT2D eigenvalue weighted by Crippen LogP contribution is 2.27. The first-order chi connectivity index (χ1) is 9.65. The molecule has 0 aliphatic carbocycles. The Kier molecular flexibility index (Phi) is 5.34. The van der Waals surface area contributed by atoms with E-state index in [1.807, 2.05) is 0 Å². The molecule has 1 aromatic heterocycles. The zero-order valence-corrected chi connectivity index (χ0v) is 12.3. The van der Waals surface area contributed by atoms with Crippen LogP contribution < -0.4 is 0 Å². The number of rotatable bonds is 5. The summed E-state index contributed by atoms with van der Waals surface area (Å²) in [6.07, 6.45) is 3.89. The molecule has 0 spiro atoms. The van der Waals surface area contributed by atoms with Crippen molar-refractivity contribution < 1.29 is 14.9 Å². The van der Waals surface area contributed by atoms with Crippen LogP contribution in [0.1, 0.15) is 29.7 Å². The van der Waals surface area contributed by atoms with Crippen molar-refractivity contribution in [1.82, 2.24) is 9.88 Å². The molecule has 1 saturated heterocycles. The molecular formula is C15H24N2O3. The van der Waals surface area contributed by atoms with Crippen LogP contribution >= 0.6 is 0 Å². The minimum absolute atomic E-state index is 0.0870. The largest absolute Gasteiger partial charge is 0.506 e. The summed E-state index contributed by atoms with van der Waals surface area (Å²) in [4.78, 5) is 6.41. The van der Waals surface area contributed by atoms with Gasteiger partial charge in [-0.05, 0) is 38.8 Å². The molecule has 2 N–H and O–H groups in total. The van der Waals surface area contributed by atoms with Crippen LogP contribution in [0.25, 0.3) is 0 Å². The third kappa shape index (κ3) is 3.48. The van der Waals surface area contributed by atoms with E-state index in [0.717, 1.165) is 38.1 Å². The SMILES string of the molecule is COCC1CCN(Cc2c(CO)cnc(C)c2O)CC1. The Morgan fingerprint density at radius 1 is 1.40 bits per heavy atom. The van der Waals surface area contributed by atoms with Gasteiger partial charge in [0.15, 0.2) is 0 Å². The maximum atomic E-state index is 10.2. The number of aliphatic hydroxyl groups excluding tert-OH is 1. The van der Waals surface area contributed by atoms with Crippen LogP contribution in [0, 0.1) is 12.8 Å². The van der Waals surface area contributed by atoms with Crippen molar-refractivity contribution in [2.24, 2.45) is 5.92 Å². The van der Waals surface area contributed by atoms with E-state index in [2.05, 4.69) is 9.88 Å². The maximum absolute atomic E-state index is 10.2. The van der Waals surface area contributed by atoms with Crippen LogP contribution in [0.4, 0.5) is 0 Å². The Balaban J connectivity index is 2.02. The van der Waals surface area contributed by atoms with Gasteiger partial charge in [-0.2, -0.15) is 0 Å². The van der Waals surface area contributed by atoms with Gasteiger partial charge < -0.3 is 14.9 Å². The lowest BCUT2D eigenvalue weighted by Gasteiger charge is -2.32. The summed E-state index contributed by atoms with van der Waals surface area (Å²) < 4.78 is 5.21. The molecule has 5 heteroatoms. The molecule has 0 aromatic carbocycles. The third-order valence-electron chi connectivity index (χ3n) is 4.09. The molecule has 2 rings (SSSR count). The first-order valence-corrected chi connectivity index (χ1v) is 7.14. The van der Waals surface area contributed by atoms with E-state index in [1.54, 1.807) is 20.2 Å². The second-order valence-corrected chi connectivity index (χ2v) is 5.53. The van der Waals surface area contributed by atoms with E-state index in [0.29, 0.717) is 23.7 Å². The fourth-order valence-electron chi connectivity index (χ4n) is 2.77. The van der Waals surface area contributed by atoms with Crippen molar-refractivity contribution >= 4 is 0 Å². The summed E-state index contributed by atoms with van der Waals surface area (Å²) in [7, 11) is 1.75. The van der Waals surface area contributed by atoms with Crippen molar-refractivity contribution in [2.45, 2.75) is 32.9 Å². The van der Waals surface area contributed by atoms with E-state index < -0.39 is 0 Å². The molecule has 0 atom stereocenters. The molecule has 20 heavy (non-hydrogen) atoms. The fourth-order valence-corrected chi connectivity index (χ4v) is 2.77. The van der Waals surface area contributed by atoms with Gasteiger partial charge in [0.1, 0.15) is 5.75 Å². The lowest BCUT2D eigenvalue weighted by atomic mass is 9.97. The zero-order valence-electron chi connectivity index (χ0n) is 12.3. The summed E-state index contributed by atoms with van der Waals surface area (Å²) in [6.45, 7) is 5.20. The number of piperidine rings is 1. The van der Waals surface area contributed by atoms with E-state index in [1.165, 1.54) is 0 Å². The van der Waals surface area contributed by atoms with Crippen molar-refractivity contribution in [3.63, 3.8) is 0 Å². The Morgan fingerprint density at radius 2 is 2.10 bits per heavy atom. The maximum Gasteiger partial charge on any atom is 0.141 e. The van der Waals surface area contributed by atoms with Gasteiger partial charge in [-0.15, -0.1) is 0 Å². The molecular weight excluding hydrogens is 256 g/mol. The quantitative estimate of drug-likeness (QED) is 0.854. The molecule has 0 bridgehead atoms. The molecule has 2 heterocycles. The van der Waals surface area contributed by atoms with Gasteiger partial charge in [-0.3, -0.25) is 9.88 Å². The van der Waals surface area contributed by atoms with Gasteiger partial charge in [0, 0.05) is 37.6 Å². The van der Waals surface area contributed by atoms with E-state index in [4.69, 9.17) is 4.74 Å². The standard InChI is InChI=1S/C15H24N2O3/c1-11-15(19)14(13(9-18)7-16-11)8-17-5-3-12(4-6-17)10-20-2/h7,12,18-19H,3-6,8-10H2,1-2H3. The Hall–Kier alpha value is -1.17. The molecule has 1 aliphatic heterocycles. The lowest BCUT2D eigenvalue weighted by Crippen LogP contribution is -2.34. The number of aromatic hydroxyl groups is 1.